The first-order valence-electron chi connectivity index (χ1n) is 18.2. The minimum Gasteiger partial charge on any atom is -0.134 e. The van der Waals surface area contributed by atoms with Gasteiger partial charge in [-0.05, 0) is 88.5 Å². The topological polar surface area (TPSA) is 0 Å². The molecule has 11 rings (SSSR count). The van der Waals surface area contributed by atoms with Gasteiger partial charge in [-0.2, -0.15) is 0 Å². The van der Waals surface area contributed by atoms with E-state index in [9.17, 15) is 0 Å². The molecule has 0 atom stereocenters. The minimum atomic E-state index is -0.0919. The summed E-state index contributed by atoms with van der Waals surface area (Å²) < 4.78 is 2.80. The minimum absolute atomic E-state index is 0.0919. The third-order valence-electron chi connectivity index (χ3n) is 11.7. The summed E-state index contributed by atoms with van der Waals surface area (Å²) in [6.07, 6.45) is 0. The van der Waals surface area contributed by atoms with Crippen LogP contribution in [0.1, 0.15) is 25.0 Å². The molecule has 0 spiro atoms. The van der Waals surface area contributed by atoms with Gasteiger partial charge in [0, 0.05) is 31.2 Å². The van der Waals surface area contributed by atoms with Crippen molar-refractivity contribution in [2.45, 2.75) is 19.3 Å². The number of thiophene rings is 1. The molecule has 0 N–H and O–H groups in total. The summed E-state index contributed by atoms with van der Waals surface area (Å²) in [6.45, 7) is 4.79. The Morgan fingerprint density at radius 3 is 1.54 bits per heavy atom. The Morgan fingerprint density at radius 2 is 0.865 bits per heavy atom. The van der Waals surface area contributed by atoms with Crippen LogP contribution in [0.4, 0.5) is 0 Å². The van der Waals surface area contributed by atoms with Crippen molar-refractivity contribution in [3.63, 3.8) is 0 Å². The summed E-state index contributed by atoms with van der Waals surface area (Å²) >= 11 is 1.96. The molecule has 0 amide bonds. The third-order valence-corrected chi connectivity index (χ3v) is 12.9. The van der Waals surface area contributed by atoms with Crippen LogP contribution in [-0.2, 0) is 5.41 Å². The van der Waals surface area contributed by atoms with E-state index in [2.05, 4.69) is 184 Å². The van der Waals surface area contributed by atoms with Gasteiger partial charge in [-0.15, -0.1) is 11.3 Å². The predicted octanol–water partition coefficient (Wildman–Crippen LogP) is 14.8. The molecular formula is C51H34S. The second-order valence-electron chi connectivity index (χ2n) is 14.8. The first-order valence-corrected chi connectivity index (χ1v) is 19.0. The van der Waals surface area contributed by atoms with E-state index in [0.29, 0.717) is 0 Å². The SMILES string of the molecule is CC1(C)c2cc(-c3ccc(-c4c5ccccc5c(-c5ccccc5)c5ccccc45)cc3)ccc2-c2c1ccc1c2sc2c3ccccc3ccc12. The van der Waals surface area contributed by atoms with Crippen molar-refractivity contribution in [3.8, 4) is 44.5 Å². The molecule has 0 radical (unpaired) electrons. The average molecular weight is 679 g/mol. The Hall–Kier alpha value is -6.02. The van der Waals surface area contributed by atoms with Crippen LogP contribution in [0.5, 0.6) is 0 Å². The zero-order valence-corrected chi connectivity index (χ0v) is 29.9. The maximum atomic E-state index is 2.46. The average Bonchev–Trinajstić information content (AvgIpc) is 3.69. The lowest BCUT2D eigenvalue weighted by Crippen LogP contribution is -2.14. The quantitative estimate of drug-likeness (QED) is 0.163. The monoisotopic (exact) mass is 678 g/mol. The van der Waals surface area contributed by atoms with Crippen molar-refractivity contribution in [3.05, 3.63) is 181 Å². The molecule has 0 bridgehead atoms. The van der Waals surface area contributed by atoms with Crippen LogP contribution in [0, 0.1) is 0 Å². The van der Waals surface area contributed by atoms with Gasteiger partial charge in [-0.1, -0.05) is 178 Å². The van der Waals surface area contributed by atoms with Crippen LogP contribution in [-0.4, -0.2) is 0 Å². The van der Waals surface area contributed by atoms with Crippen molar-refractivity contribution in [1.29, 1.82) is 0 Å². The van der Waals surface area contributed by atoms with E-state index in [1.54, 1.807) is 0 Å². The first kappa shape index (κ1) is 29.7. The molecule has 10 aromatic rings. The van der Waals surface area contributed by atoms with Crippen LogP contribution in [0.15, 0.2) is 170 Å². The fourth-order valence-corrected chi connectivity index (χ4v) is 10.5. The standard InChI is InChI=1S/C51H34S/c1-51(2)44-29-28-42-41-26-24-32-12-6-7-15-36(32)49(41)52-50(42)48(44)43-27-25-35(30-45(43)51)31-20-22-34(23-21-31)47-39-18-10-8-16-37(39)46(33-13-4-3-5-14-33)38-17-9-11-19-40(38)47/h3-30H,1-2H3. The third kappa shape index (κ3) is 4.15. The molecule has 1 aromatic heterocycles. The maximum Gasteiger partial charge on any atom is 0.0437 e. The van der Waals surface area contributed by atoms with Gasteiger partial charge in [0.25, 0.3) is 0 Å². The molecular weight excluding hydrogens is 645 g/mol. The molecule has 9 aromatic carbocycles. The number of benzene rings is 9. The molecule has 0 nitrogen and oxygen atoms in total. The van der Waals surface area contributed by atoms with Crippen LogP contribution in [0.3, 0.4) is 0 Å². The normalized spacial score (nSPS) is 13.3. The van der Waals surface area contributed by atoms with Crippen molar-refractivity contribution in [1.82, 2.24) is 0 Å². The van der Waals surface area contributed by atoms with E-state index in [-0.39, 0.29) is 5.41 Å². The molecule has 0 aliphatic heterocycles. The highest BCUT2D eigenvalue weighted by Crippen LogP contribution is 2.55. The highest BCUT2D eigenvalue weighted by molar-refractivity contribution is 7.27. The van der Waals surface area contributed by atoms with Gasteiger partial charge in [0.05, 0.1) is 0 Å². The van der Waals surface area contributed by atoms with Gasteiger partial charge >= 0.3 is 0 Å². The Bertz CT molecular complexity index is 3010. The van der Waals surface area contributed by atoms with E-state index in [0.717, 1.165) is 0 Å². The van der Waals surface area contributed by atoms with E-state index >= 15 is 0 Å². The van der Waals surface area contributed by atoms with E-state index in [1.165, 1.54) is 108 Å². The second-order valence-corrected chi connectivity index (χ2v) is 15.8. The van der Waals surface area contributed by atoms with Crippen molar-refractivity contribution < 1.29 is 0 Å². The Labute approximate surface area is 307 Å². The molecule has 244 valence electrons. The van der Waals surface area contributed by atoms with Crippen LogP contribution in [0.2, 0.25) is 0 Å². The van der Waals surface area contributed by atoms with E-state index in [4.69, 9.17) is 0 Å². The molecule has 1 heteroatoms. The van der Waals surface area contributed by atoms with Gasteiger partial charge < -0.3 is 0 Å². The van der Waals surface area contributed by atoms with Crippen molar-refractivity contribution >= 4 is 63.8 Å². The summed E-state index contributed by atoms with van der Waals surface area (Å²) in [6, 6.07) is 63.2. The van der Waals surface area contributed by atoms with Gasteiger partial charge in [-0.25, -0.2) is 0 Å². The summed E-state index contributed by atoms with van der Waals surface area (Å²) in [5.74, 6) is 0. The lowest BCUT2D eigenvalue weighted by Gasteiger charge is -2.22. The van der Waals surface area contributed by atoms with E-state index < -0.39 is 0 Å². The first-order chi connectivity index (χ1) is 25.6. The predicted molar refractivity (Wildman–Crippen MR) is 226 cm³/mol. The number of fused-ring (bicyclic) bond motifs is 11. The molecule has 0 fully saturated rings. The van der Waals surface area contributed by atoms with Crippen LogP contribution in [0.25, 0.3) is 97.0 Å². The Balaban J connectivity index is 1.04. The summed E-state index contributed by atoms with van der Waals surface area (Å²) in [5, 5.41) is 10.5. The zero-order valence-electron chi connectivity index (χ0n) is 29.1. The lowest BCUT2D eigenvalue weighted by atomic mass is 9.81. The fraction of sp³-hybridized carbons (Fsp3) is 0.0588. The summed E-state index contributed by atoms with van der Waals surface area (Å²) in [5.41, 5.74) is 13.1. The van der Waals surface area contributed by atoms with E-state index in [1.807, 2.05) is 11.3 Å². The molecule has 52 heavy (non-hydrogen) atoms. The Morgan fingerprint density at radius 1 is 0.346 bits per heavy atom. The second kappa shape index (κ2) is 11.0. The highest BCUT2D eigenvalue weighted by atomic mass is 32.1. The lowest BCUT2D eigenvalue weighted by molar-refractivity contribution is 0.661. The van der Waals surface area contributed by atoms with Gasteiger partial charge in [0.1, 0.15) is 0 Å². The van der Waals surface area contributed by atoms with Gasteiger partial charge in [0.15, 0.2) is 0 Å². The number of hydrogen-bond acceptors (Lipinski definition) is 1. The molecule has 0 saturated carbocycles. The maximum absolute atomic E-state index is 2.46. The highest BCUT2D eigenvalue weighted by Gasteiger charge is 2.37. The number of rotatable bonds is 3. The largest absolute Gasteiger partial charge is 0.134 e. The summed E-state index contributed by atoms with van der Waals surface area (Å²) in [7, 11) is 0. The summed E-state index contributed by atoms with van der Waals surface area (Å²) in [4.78, 5) is 0. The van der Waals surface area contributed by atoms with Crippen molar-refractivity contribution in [2.75, 3.05) is 0 Å². The molecule has 1 heterocycles. The van der Waals surface area contributed by atoms with Gasteiger partial charge in [-0.3, -0.25) is 0 Å². The molecule has 0 saturated heterocycles. The molecule has 0 unspecified atom stereocenters. The van der Waals surface area contributed by atoms with Gasteiger partial charge in [0.2, 0.25) is 0 Å². The molecule has 1 aliphatic rings. The van der Waals surface area contributed by atoms with Crippen molar-refractivity contribution in [2.24, 2.45) is 0 Å². The zero-order chi connectivity index (χ0) is 34.6. The van der Waals surface area contributed by atoms with Crippen LogP contribution < -0.4 is 0 Å². The fourth-order valence-electron chi connectivity index (χ4n) is 9.14. The Kier molecular flexibility index (Phi) is 6.27. The molecule has 1 aliphatic carbocycles. The smallest absolute Gasteiger partial charge is 0.0437 e. The van der Waals surface area contributed by atoms with Crippen LogP contribution >= 0.6 is 11.3 Å². The number of hydrogen-bond donors (Lipinski definition) is 0.